The highest BCUT2D eigenvalue weighted by molar-refractivity contribution is 7.91. The van der Waals surface area contributed by atoms with Crippen molar-refractivity contribution in [2.75, 3.05) is 11.1 Å². The fourth-order valence-electron chi connectivity index (χ4n) is 2.92. The van der Waals surface area contributed by atoms with Crippen molar-refractivity contribution in [2.45, 2.75) is 31.3 Å². The summed E-state index contributed by atoms with van der Waals surface area (Å²) in [5.74, 6) is -0.995. The second-order valence-corrected chi connectivity index (χ2v) is 9.69. The average Bonchev–Trinajstić information content (AvgIpc) is 3.06. The van der Waals surface area contributed by atoms with E-state index < -0.39 is 33.2 Å². The highest BCUT2D eigenvalue weighted by atomic mass is 35.5. The van der Waals surface area contributed by atoms with Crippen molar-refractivity contribution >= 4 is 33.2 Å². The topological polar surface area (TPSA) is 81.1 Å². The van der Waals surface area contributed by atoms with Crippen LogP contribution in [0.25, 0.3) is 5.69 Å². The summed E-state index contributed by atoms with van der Waals surface area (Å²) in [4.78, 5) is 12.5. The lowest BCUT2D eigenvalue weighted by atomic mass is 10.2. The van der Waals surface area contributed by atoms with E-state index in [0.29, 0.717) is 5.69 Å². The van der Waals surface area contributed by atoms with Crippen molar-refractivity contribution < 1.29 is 26.4 Å². The van der Waals surface area contributed by atoms with Crippen LogP contribution in [0.2, 0.25) is 5.02 Å². The number of halogens is 4. The van der Waals surface area contributed by atoms with Crippen LogP contribution in [-0.4, -0.2) is 29.9 Å². The molecule has 32 heavy (non-hydrogen) atoms. The number of amides is 1. The Morgan fingerprint density at radius 1 is 1.09 bits per heavy atom. The number of hydrogen-bond acceptors (Lipinski definition) is 4. The summed E-state index contributed by atoms with van der Waals surface area (Å²) < 4.78 is 65.3. The highest BCUT2D eigenvalue weighted by Crippen LogP contribution is 2.34. The van der Waals surface area contributed by atoms with Gasteiger partial charge in [-0.05, 0) is 44.2 Å². The molecule has 0 bridgehead atoms. The number of nitrogens with one attached hydrogen (secondary N) is 1. The first-order valence-corrected chi connectivity index (χ1v) is 11.4. The number of benzene rings is 2. The first-order valence-electron chi connectivity index (χ1n) is 9.40. The molecule has 0 saturated heterocycles. The Morgan fingerprint density at radius 3 is 2.38 bits per heavy atom. The van der Waals surface area contributed by atoms with Gasteiger partial charge in [-0.2, -0.15) is 18.3 Å². The maximum absolute atomic E-state index is 13.1. The lowest BCUT2D eigenvalue weighted by Crippen LogP contribution is -2.19. The summed E-state index contributed by atoms with van der Waals surface area (Å²) in [7, 11) is -3.68. The minimum atomic E-state index is -4.59. The number of carbonyl (C=O) groups excluding carboxylic acids is 1. The van der Waals surface area contributed by atoms with Gasteiger partial charge in [0.25, 0.3) is 0 Å². The highest BCUT2D eigenvalue weighted by Gasteiger charge is 2.31. The first-order chi connectivity index (χ1) is 14.9. The third kappa shape index (κ3) is 5.49. The molecule has 0 aliphatic rings. The molecule has 0 radical (unpaired) electrons. The average molecular weight is 486 g/mol. The second-order valence-electron chi connectivity index (χ2n) is 7.18. The summed E-state index contributed by atoms with van der Waals surface area (Å²) in [5.41, 5.74) is 0.323. The largest absolute Gasteiger partial charge is 0.416 e. The molecule has 0 spiro atoms. The van der Waals surface area contributed by atoms with Gasteiger partial charge in [-0.25, -0.2) is 13.1 Å². The van der Waals surface area contributed by atoms with E-state index in [2.05, 4.69) is 10.4 Å². The minimum absolute atomic E-state index is 0.00134. The van der Waals surface area contributed by atoms with Crippen LogP contribution >= 0.6 is 11.6 Å². The predicted molar refractivity (Wildman–Crippen MR) is 115 cm³/mol. The fourth-order valence-corrected chi connectivity index (χ4v) is 4.36. The summed E-state index contributed by atoms with van der Waals surface area (Å²) in [6, 6.07) is 10.5. The maximum Gasteiger partial charge on any atom is 0.416 e. The van der Waals surface area contributed by atoms with Crippen LogP contribution in [0.5, 0.6) is 0 Å². The molecule has 170 valence electrons. The third-order valence-electron chi connectivity index (χ3n) is 4.58. The van der Waals surface area contributed by atoms with Gasteiger partial charge in [0.1, 0.15) is 5.82 Å². The van der Waals surface area contributed by atoms with Crippen LogP contribution in [0, 0.1) is 13.8 Å². The normalized spacial score (nSPS) is 12.1. The zero-order valence-corrected chi connectivity index (χ0v) is 18.6. The van der Waals surface area contributed by atoms with E-state index in [1.165, 1.54) is 18.2 Å². The van der Waals surface area contributed by atoms with Crippen molar-refractivity contribution in [3.63, 3.8) is 0 Å². The van der Waals surface area contributed by atoms with E-state index in [9.17, 15) is 26.4 Å². The number of carbonyl (C=O) groups is 1. The Morgan fingerprint density at radius 2 is 1.75 bits per heavy atom. The smallest absolute Gasteiger partial charge is 0.311 e. The van der Waals surface area contributed by atoms with E-state index in [-0.39, 0.29) is 27.8 Å². The van der Waals surface area contributed by atoms with Crippen molar-refractivity contribution in [1.82, 2.24) is 9.78 Å². The number of aromatic nitrogens is 2. The van der Waals surface area contributed by atoms with Crippen molar-refractivity contribution in [2.24, 2.45) is 0 Å². The van der Waals surface area contributed by atoms with Crippen molar-refractivity contribution in [1.29, 1.82) is 0 Å². The SMILES string of the molecule is Cc1ccc(S(=O)(=O)CCC(=O)Nc2cc(C)nn2-c2cc(C(F)(F)F)ccc2Cl)cc1. The van der Waals surface area contributed by atoms with Gasteiger partial charge in [-0.15, -0.1) is 0 Å². The van der Waals surface area contributed by atoms with Gasteiger partial charge in [0.2, 0.25) is 5.91 Å². The molecule has 0 saturated carbocycles. The Balaban J connectivity index is 1.80. The first kappa shape index (κ1) is 23.8. The monoisotopic (exact) mass is 485 g/mol. The Labute approximate surface area is 187 Å². The van der Waals surface area contributed by atoms with Crippen LogP contribution in [0.4, 0.5) is 19.0 Å². The molecular formula is C21H19ClF3N3O3S. The molecule has 3 rings (SSSR count). The fraction of sp³-hybridized carbons (Fsp3) is 0.238. The van der Waals surface area contributed by atoms with Gasteiger partial charge in [0.05, 0.1) is 32.6 Å². The van der Waals surface area contributed by atoms with Crippen LogP contribution in [0.15, 0.2) is 53.4 Å². The van der Waals surface area contributed by atoms with Gasteiger partial charge in [-0.3, -0.25) is 4.79 Å². The molecular weight excluding hydrogens is 467 g/mol. The zero-order valence-electron chi connectivity index (χ0n) is 17.1. The Hall–Kier alpha value is -2.85. The van der Waals surface area contributed by atoms with Gasteiger partial charge in [0, 0.05) is 12.5 Å². The predicted octanol–water partition coefficient (Wildman–Crippen LogP) is 4.96. The van der Waals surface area contributed by atoms with Gasteiger partial charge in [-0.1, -0.05) is 29.3 Å². The molecule has 0 unspecified atom stereocenters. The molecule has 1 N–H and O–H groups in total. The quantitative estimate of drug-likeness (QED) is 0.535. The molecule has 0 aliphatic heterocycles. The summed E-state index contributed by atoms with van der Waals surface area (Å²) in [5, 5.41) is 6.62. The molecule has 11 heteroatoms. The van der Waals surface area contributed by atoms with E-state index in [0.717, 1.165) is 28.4 Å². The number of alkyl halides is 3. The molecule has 3 aromatic rings. The number of nitrogens with zero attached hydrogens (tertiary/aromatic N) is 2. The van der Waals surface area contributed by atoms with Crippen LogP contribution < -0.4 is 5.32 Å². The molecule has 1 amide bonds. The van der Waals surface area contributed by atoms with Crippen molar-refractivity contribution in [3.05, 3.63) is 70.4 Å². The van der Waals surface area contributed by atoms with Crippen LogP contribution in [0.3, 0.4) is 0 Å². The molecule has 1 aromatic heterocycles. The molecule has 1 heterocycles. The Kier molecular flexibility index (Phi) is 6.66. The van der Waals surface area contributed by atoms with E-state index in [4.69, 9.17) is 11.6 Å². The summed E-state index contributed by atoms with van der Waals surface area (Å²) in [6.07, 6.45) is -4.94. The maximum atomic E-state index is 13.1. The number of sulfone groups is 1. The van der Waals surface area contributed by atoms with E-state index in [1.807, 2.05) is 6.92 Å². The standard InChI is InChI=1S/C21H19ClF3N3O3S/c1-13-3-6-16(7-4-13)32(30,31)10-9-20(29)26-19-11-14(2)27-28(19)18-12-15(21(23,24)25)5-8-17(18)22/h3-8,11-12H,9-10H2,1-2H3,(H,26,29). The second kappa shape index (κ2) is 8.95. The molecule has 0 aliphatic carbocycles. The lowest BCUT2D eigenvalue weighted by molar-refractivity contribution is -0.137. The van der Waals surface area contributed by atoms with Crippen LogP contribution in [-0.2, 0) is 20.8 Å². The van der Waals surface area contributed by atoms with Gasteiger partial charge < -0.3 is 5.32 Å². The third-order valence-corrected chi connectivity index (χ3v) is 6.63. The lowest BCUT2D eigenvalue weighted by Gasteiger charge is -2.13. The molecule has 6 nitrogen and oxygen atoms in total. The molecule has 0 fully saturated rings. The number of anilines is 1. The van der Waals surface area contributed by atoms with E-state index in [1.54, 1.807) is 19.1 Å². The number of hydrogen-bond donors (Lipinski definition) is 1. The van der Waals surface area contributed by atoms with Gasteiger partial charge in [0.15, 0.2) is 9.84 Å². The van der Waals surface area contributed by atoms with E-state index >= 15 is 0 Å². The van der Waals surface area contributed by atoms with Gasteiger partial charge >= 0.3 is 6.18 Å². The molecule has 2 aromatic carbocycles. The number of rotatable bonds is 6. The van der Waals surface area contributed by atoms with Crippen LogP contribution in [0.1, 0.15) is 23.2 Å². The summed E-state index contributed by atoms with van der Waals surface area (Å²) in [6.45, 7) is 3.42. The number of aryl methyl sites for hydroxylation is 2. The Bertz CT molecular complexity index is 1250. The molecule has 0 atom stereocenters. The summed E-state index contributed by atoms with van der Waals surface area (Å²) >= 11 is 6.08. The minimum Gasteiger partial charge on any atom is -0.311 e. The van der Waals surface area contributed by atoms with Crippen molar-refractivity contribution in [3.8, 4) is 5.69 Å². The zero-order chi connectivity index (χ0) is 23.7.